The molecule has 1 aliphatic heterocycles. The van der Waals surface area contributed by atoms with Gasteiger partial charge in [-0.2, -0.15) is 0 Å². The fourth-order valence-corrected chi connectivity index (χ4v) is 2.01. The van der Waals surface area contributed by atoms with E-state index >= 15 is 0 Å². The van der Waals surface area contributed by atoms with Crippen molar-refractivity contribution in [3.8, 4) is 0 Å². The summed E-state index contributed by atoms with van der Waals surface area (Å²) in [5.74, 6) is 0.892. The van der Waals surface area contributed by atoms with E-state index in [2.05, 4.69) is 47.9 Å². The Balaban J connectivity index is 0.000000531. The van der Waals surface area contributed by atoms with Crippen LogP contribution in [0.2, 0.25) is 0 Å². The van der Waals surface area contributed by atoms with Gasteiger partial charge in [0.25, 0.3) is 0 Å². The van der Waals surface area contributed by atoms with Crippen molar-refractivity contribution in [1.82, 2.24) is 4.90 Å². The first-order valence-corrected chi connectivity index (χ1v) is 5.68. The molecule has 1 heterocycles. The predicted molar refractivity (Wildman–Crippen MR) is 65.6 cm³/mol. The van der Waals surface area contributed by atoms with Crippen molar-refractivity contribution >= 4 is 0 Å². The van der Waals surface area contributed by atoms with Crippen molar-refractivity contribution in [1.29, 1.82) is 0 Å². The van der Waals surface area contributed by atoms with E-state index in [9.17, 15) is 0 Å². The molecule has 0 amide bonds. The van der Waals surface area contributed by atoms with Crippen LogP contribution in [0.5, 0.6) is 0 Å². The number of rotatable bonds is 2. The molecule has 2 nitrogen and oxygen atoms in total. The predicted octanol–water partition coefficient (Wildman–Crippen LogP) is 2.10. The molecular formula is C13H22N2. The SMILES string of the molecule is CC1CCN(Cc2ccccc2)C1.CN. The maximum atomic E-state index is 4.50. The van der Waals surface area contributed by atoms with E-state index in [1.807, 2.05) is 0 Å². The largest absolute Gasteiger partial charge is 0.333 e. The Hall–Kier alpha value is -0.860. The third-order valence-electron chi connectivity index (χ3n) is 2.76. The fourth-order valence-electron chi connectivity index (χ4n) is 2.01. The van der Waals surface area contributed by atoms with E-state index in [1.54, 1.807) is 0 Å². The van der Waals surface area contributed by atoms with Crippen LogP contribution in [0.1, 0.15) is 18.9 Å². The number of benzene rings is 1. The number of hydrogen-bond acceptors (Lipinski definition) is 2. The Bertz CT molecular complexity index is 258. The Labute approximate surface area is 93.1 Å². The fraction of sp³-hybridized carbons (Fsp3) is 0.538. The molecule has 15 heavy (non-hydrogen) atoms. The third kappa shape index (κ3) is 4.02. The summed E-state index contributed by atoms with van der Waals surface area (Å²) < 4.78 is 0. The van der Waals surface area contributed by atoms with E-state index < -0.39 is 0 Å². The van der Waals surface area contributed by atoms with Crippen molar-refractivity contribution in [3.05, 3.63) is 35.9 Å². The van der Waals surface area contributed by atoms with Gasteiger partial charge in [0.2, 0.25) is 0 Å². The molecule has 0 radical (unpaired) electrons. The van der Waals surface area contributed by atoms with Gasteiger partial charge >= 0.3 is 0 Å². The molecule has 0 spiro atoms. The molecule has 1 unspecified atom stereocenters. The summed E-state index contributed by atoms with van der Waals surface area (Å²) in [6.45, 7) is 6.02. The maximum Gasteiger partial charge on any atom is 0.0233 e. The Morgan fingerprint density at radius 2 is 1.93 bits per heavy atom. The molecule has 1 saturated heterocycles. The van der Waals surface area contributed by atoms with Gasteiger partial charge in [-0.3, -0.25) is 4.90 Å². The molecule has 0 bridgehead atoms. The molecule has 0 saturated carbocycles. The molecule has 0 aliphatic carbocycles. The van der Waals surface area contributed by atoms with E-state index in [0.717, 1.165) is 12.5 Å². The lowest BCUT2D eigenvalue weighted by Gasteiger charge is -2.14. The maximum absolute atomic E-state index is 4.50. The minimum absolute atomic E-state index is 0.892. The highest BCUT2D eigenvalue weighted by molar-refractivity contribution is 5.14. The quantitative estimate of drug-likeness (QED) is 0.803. The van der Waals surface area contributed by atoms with Crippen molar-refractivity contribution in [3.63, 3.8) is 0 Å². The first-order valence-electron chi connectivity index (χ1n) is 5.68. The highest BCUT2D eigenvalue weighted by Crippen LogP contribution is 2.17. The topological polar surface area (TPSA) is 29.3 Å². The second-order valence-electron chi connectivity index (χ2n) is 4.11. The summed E-state index contributed by atoms with van der Waals surface area (Å²) in [5.41, 5.74) is 5.94. The molecule has 2 rings (SSSR count). The molecule has 1 aromatic rings. The minimum atomic E-state index is 0.892. The second kappa shape index (κ2) is 6.59. The van der Waals surface area contributed by atoms with Gasteiger partial charge in [-0.1, -0.05) is 37.3 Å². The molecular weight excluding hydrogens is 184 g/mol. The lowest BCUT2D eigenvalue weighted by molar-refractivity contribution is 0.320. The summed E-state index contributed by atoms with van der Waals surface area (Å²) in [6, 6.07) is 10.7. The molecule has 1 atom stereocenters. The van der Waals surface area contributed by atoms with Crippen LogP contribution < -0.4 is 5.73 Å². The lowest BCUT2D eigenvalue weighted by atomic mass is 10.2. The zero-order chi connectivity index (χ0) is 11.1. The minimum Gasteiger partial charge on any atom is -0.333 e. The van der Waals surface area contributed by atoms with Crippen LogP contribution in [-0.2, 0) is 6.54 Å². The van der Waals surface area contributed by atoms with Crippen LogP contribution in [-0.4, -0.2) is 25.0 Å². The van der Waals surface area contributed by atoms with E-state index in [-0.39, 0.29) is 0 Å². The normalized spacial score (nSPS) is 20.9. The molecule has 0 aromatic heterocycles. The third-order valence-corrected chi connectivity index (χ3v) is 2.76. The lowest BCUT2D eigenvalue weighted by Crippen LogP contribution is -2.19. The highest BCUT2D eigenvalue weighted by atomic mass is 15.1. The average molecular weight is 206 g/mol. The second-order valence-corrected chi connectivity index (χ2v) is 4.11. The van der Waals surface area contributed by atoms with Crippen LogP contribution in [0, 0.1) is 5.92 Å². The average Bonchev–Trinajstić information content (AvgIpc) is 2.68. The molecule has 1 fully saturated rings. The van der Waals surface area contributed by atoms with E-state index in [1.165, 1.54) is 32.1 Å². The molecule has 2 heteroatoms. The summed E-state index contributed by atoms with van der Waals surface area (Å²) in [4.78, 5) is 2.54. The number of nitrogens with two attached hydrogens (primary N) is 1. The van der Waals surface area contributed by atoms with Gasteiger partial charge in [0, 0.05) is 13.1 Å². The van der Waals surface area contributed by atoms with Crippen molar-refractivity contribution in [2.75, 3.05) is 20.1 Å². The first kappa shape index (κ1) is 12.2. The van der Waals surface area contributed by atoms with E-state index in [4.69, 9.17) is 0 Å². The summed E-state index contributed by atoms with van der Waals surface area (Å²) >= 11 is 0. The Morgan fingerprint density at radius 1 is 1.27 bits per heavy atom. The Morgan fingerprint density at radius 3 is 2.47 bits per heavy atom. The van der Waals surface area contributed by atoms with Crippen LogP contribution in [0.15, 0.2) is 30.3 Å². The van der Waals surface area contributed by atoms with Crippen molar-refractivity contribution in [2.24, 2.45) is 11.7 Å². The zero-order valence-electron chi connectivity index (χ0n) is 9.82. The highest BCUT2D eigenvalue weighted by Gasteiger charge is 2.17. The van der Waals surface area contributed by atoms with Gasteiger partial charge in [0.15, 0.2) is 0 Å². The first-order chi connectivity index (χ1) is 7.34. The standard InChI is InChI=1S/C12H17N.CH5N/c1-11-7-8-13(9-11)10-12-5-3-2-4-6-12;1-2/h2-6,11H,7-10H2,1H3;2H2,1H3. The smallest absolute Gasteiger partial charge is 0.0233 e. The molecule has 84 valence electrons. The Kier molecular flexibility index (Phi) is 5.37. The molecule has 2 N–H and O–H groups in total. The summed E-state index contributed by atoms with van der Waals surface area (Å²) in [7, 11) is 1.50. The summed E-state index contributed by atoms with van der Waals surface area (Å²) in [5, 5.41) is 0. The van der Waals surface area contributed by atoms with Gasteiger partial charge in [-0.15, -0.1) is 0 Å². The van der Waals surface area contributed by atoms with E-state index in [0.29, 0.717) is 0 Å². The van der Waals surface area contributed by atoms with Crippen LogP contribution in [0.3, 0.4) is 0 Å². The number of nitrogens with zero attached hydrogens (tertiary/aromatic N) is 1. The zero-order valence-corrected chi connectivity index (χ0v) is 9.82. The van der Waals surface area contributed by atoms with Crippen LogP contribution in [0.4, 0.5) is 0 Å². The summed E-state index contributed by atoms with van der Waals surface area (Å²) in [6.07, 6.45) is 1.37. The van der Waals surface area contributed by atoms with Gasteiger partial charge < -0.3 is 5.73 Å². The molecule has 1 aliphatic rings. The monoisotopic (exact) mass is 206 g/mol. The molecule has 1 aromatic carbocycles. The van der Waals surface area contributed by atoms with Crippen molar-refractivity contribution in [2.45, 2.75) is 19.9 Å². The van der Waals surface area contributed by atoms with Gasteiger partial charge in [-0.05, 0) is 31.5 Å². The van der Waals surface area contributed by atoms with Gasteiger partial charge in [-0.25, -0.2) is 0 Å². The van der Waals surface area contributed by atoms with Gasteiger partial charge in [0.05, 0.1) is 0 Å². The van der Waals surface area contributed by atoms with Crippen LogP contribution >= 0.6 is 0 Å². The van der Waals surface area contributed by atoms with Gasteiger partial charge in [0.1, 0.15) is 0 Å². The number of likely N-dealkylation sites (tertiary alicyclic amines) is 1. The van der Waals surface area contributed by atoms with Crippen molar-refractivity contribution < 1.29 is 0 Å². The van der Waals surface area contributed by atoms with Crippen LogP contribution in [0.25, 0.3) is 0 Å². The number of hydrogen-bond donors (Lipinski definition) is 1.